The molecule has 0 spiro atoms. The Morgan fingerprint density at radius 2 is 1.84 bits per heavy atom. The molecule has 164 valence electrons. The highest BCUT2D eigenvalue weighted by Crippen LogP contribution is 2.25. The van der Waals surface area contributed by atoms with Crippen molar-refractivity contribution >= 4 is 6.09 Å². The molecular formula is C24H31N5O2. The second-order valence-electron chi connectivity index (χ2n) is 8.03. The van der Waals surface area contributed by atoms with Gasteiger partial charge in [-0.1, -0.05) is 36.4 Å². The van der Waals surface area contributed by atoms with Crippen molar-refractivity contribution < 1.29 is 9.90 Å². The van der Waals surface area contributed by atoms with Gasteiger partial charge in [-0.05, 0) is 54.9 Å². The van der Waals surface area contributed by atoms with Crippen molar-refractivity contribution in [2.75, 3.05) is 46.3 Å². The number of likely N-dealkylation sites (N-methyl/N-ethyl adjacent to an activating group) is 1. The number of nitriles is 1. The number of carbonyl (C=O) groups is 1. The maximum absolute atomic E-state index is 10.4. The van der Waals surface area contributed by atoms with Gasteiger partial charge in [0.25, 0.3) is 0 Å². The maximum atomic E-state index is 10.4. The first-order valence-corrected chi connectivity index (χ1v) is 10.8. The third-order valence-electron chi connectivity index (χ3n) is 5.59. The molecule has 0 aliphatic carbocycles. The Labute approximate surface area is 184 Å². The van der Waals surface area contributed by atoms with Crippen LogP contribution in [0.15, 0.2) is 42.5 Å². The van der Waals surface area contributed by atoms with Crippen molar-refractivity contribution in [3.8, 4) is 17.2 Å². The van der Waals surface area contributed by atoms with Gasteiger partial charge in [0.05, 0.1) is 11.6 Å². The lowest BCUT2D eigenvalue weighted by Crippen LogP contribution is -2.30. The summed E-state index contributed by atoms with van der Waals surface area (Å²) in [4.78, 5) is 15.3. The van der Waals surface area contributed by atoms with Gasteiger partial charge in [0, 0.05) is 39.3 Å². The van der Waals surface area contributed by atoms with Gasteiger partial charge >= 0.3 is 6.09 Å². The molecule has 3 N–H and O–H groups in total. The predicted octanol–water partition coefficient (Wildman–Crippen LogP) is 2.72. The van der Waals surface area contributed by atoms with Gasteiger partial charge in [0.15, 0.2) is 0 Å². The fraction of sp³-hybridized carbons (Fsp3) is 0.417. The monoisotopic (exact) mass is 421 g/mol. The Hall–Kier alpha value is -2.92. The molecule has 0 radical (unpaired) electrons. The van der Waals surface area contributed by atoms with Crippen LogP contribution in [0.3, 0.4) is 0 Å². The van der Waals surface area contributed by atoms with E-state index >= 15 is 0 Å². The van der Waals surface area contributed by atoms with Crippen LogP contribution in [-0.4, -0.2) is 67.3 Å². The van der Waals surface area contributed by atoms with E-state index in [0.717, 1.165) is 49.4 Å². The number of rotatable bonds is 8. The van der Waals surface area contributed by atoms with Gasteiger partial charge in [0.2, 0.25) is 0 Å². The molecule has 0 atom stereocenters. The lowest BCUT2D eigenvalue weighted by Gasteiger charge is -2.20. The molecule has 7 nitrogen and oxygen atoms in total. The van der Waals surface area contributed by atoms with E-state index in [9.17, 15) is 10.1 Å². The molecule has 0 unspecified atom stereocenters. The van der Waals surface area contributed by atoms with E-state index in [2.05, 4.69) is 45.7 Å². The third kappa shape index (κ3) is 7.07. The van der Waals surface area contributed by atoms with Crippen LogP contribution < -0.4 is 10.6 Å². The van der Waals surface area contributed by atoms with Crippen molar-refractivity contribution in [3.05, 3.63) is 59.2 Å². The Morgan fingerprint density at radius 1 is 1.06 bits per heavy atom. The average molecular weight is 422 g/mol. The van der Waals surface area contributed by atoms with Crippen molar-refractivity contribution in [2.24, 2.45) is 0 Å². The van der Waals surface area contributed by atoms with E-state index in [1.807, 2.05) is 30.3 Å². The van der Waals surface area contributed by atoms with Crippen LogP contribution in [0.4, 0.5) is 4.79 Å². The Balaban J connectivity index is 1.60. The molecule has 1 fully saturated rings. The van der Waals surface area contributed by atoms with Gasteiger partial charge in [-0.3, -0.25) is 4.90 Å². The van der Waals surface area contributed by atoms with E-state index in [1.165, 1.54) is 12.0 Å². The largest absolute Gasteiger partial charge is 0.465 e. The van der Waals surface area contributed by atoms with Crippen molar-refractivity contribution in [1.82, 2.24) is 20.4 Å². The summed E-state index contributed by atoms with van der Waals surface area (Å²) in [5, 5.41) is 23.8. The summed E-state index contributed by atoms with van der Waals surface area (Å²) >= 11 is 0. The highest BCUT2D eigenvalue weighted by Gasteiger charge is 2.13. The van der Waals surface area contributed by atoms with Crippen LogP contribution in [0.2, 0.25) is 0 Å². The molecule has 3 rings (SSSR count). The number of nitrogens with zero attached hydrogens (tertiary/aromatic N) is 3. The molecular weight excluding hydrogens is 390 g/mol. The molecule has 1 aliphatic heterocycles. The predicted molar refractivity (Wildman–Crippen MR) is 122 cm³/mol. The zero-order valence-corrected chi connectivity index (χ0v) is 18.1. The number of benzene rings is 2. The Morgan fingerprint density at radius 3 is 2.58 bits per heavy atom. The number of amides is 1. The van der Waals surface area contributed by atoms with Crippen molar-refractivity contribution in [1.29, 1.82) is 5.26 Å². The summed E-state index contributed by atoms with van der Waals surface area (Å²) in [6, 6.07) is 16.7. The molecule has 1 aliphatic rings. The molecule has 1 amide bonds. The first-order chi connectivity index (χ1) is 15.0. The van der Waals surface area contributed by atoms with Crippen LogP contribution in [0.25, 0.3) is 11.1 Å². The zero-order valence-electron chi connectivity index (χ0n) is 18.1. The molecule has 0 aromatic heterocycles. The Kier molecular flexibility index (Phi) is 8.42. The standard InChI is InChI=1S/C24H31N5O2/c1-28-11-2-12-29(14-13-28)18-20-5-8-23(22(15-20)16-25)21-6-3-19(4-7-21)17-26-9-10-27-24(30)31/h3-8,15,26-27H,2,9-14,17-18H2,1H3,(H,30,31). The summed E-state index contributed by atoms with van der Waals surface area (Å²) in [6.07, 6.45) is 0.168. The number of hydrogen-bond donors (Lipinski definition) is 3. The highest BCUT2D eigenvalue weighted by molar-refractivity contribution is 5.71. The van der Waals surface area contributed by atoms with E-state index < -0.39 is 6.09 Å². The van der Waals surface area contributed by atoms with E-state index in [0.29, 0.717) is 25.2 Å². The van der Waals surface area contributed by atoms with Gasteiger partial charge in [-0.25, -0.2) is 4.79 Å². The average Bonchev–Trinajstić information content (AvgIpc) is 2.97. The lowest BCUT2D eigenvalue weighted by atomic mass is 9.97. The smallest absolute Gasteiger partial charge is 0.404 e. The van der Waals surface area contributed by atoms with Crippen LogP contribution >= 0.6 is 0 Å². The van der Waals surface area contributed by atoms with Gasteiger partial charge in [-0.2, -0.15) is 5.26 Å². The molecule has 7 heteroatoms. The minimum absolute atomic E-state index is 0.374. The summed E-state index contributed by atoms with van der Waals surface area (Å²) < 4.78 is 0. The fourth-order valence-corrected chi connectivity index (χ4v) is 3.84. The van der Waals surface area contributed by atoms with Gasteiger partial charge in [-0.15, -0.1) is 0 Å². The lowest BCUT2D eigenvalue weighted by molar-refractivity contribution is 0.194. The second kappa shape index (κ2) is 11.5. The number of carboxylic acid groups (broad SMARTS) is 1. The minimum Gasteiger partial charge on any atom is -0.465 e. The van der Waals surface area contributed by atoms with E-state index in [-0.39, 0.29) is 0 Å². The number of hydrogen-bond acceptors (Lipinski definition) is 5. The molecule has 1 heterocycles. The topological polar surface area (TPSA) is 91.6 Å². The molecule has 2 aromatic rings. The van der Waals surface area contributed by atoms with Gasteiger partial charge in [0.1, 0.15) is 0 Å². The first-order valence-electron chi connectivity index (χ1n) is 10.8. The number of nitrogens with one attached hydrogen (secondary N) is 2. The maximum Gasteiger partial charge on any atom is 0.404 e. The van der Waals surface area contributed by atoms with E-state index in [1.54, 1.807) is 0 Å². The van der Waals surface area contributed by atoms with Crippen LogP contribution in [0.1, 0.15) is 23.1 Å². The summed E-state index contributed by atoms with van der Waals surface area (Å²) in [6.45, 7) is 6.86. The second-order valence-corrected chi connectivity index (χ2v) is 8.03. The van der Waals surface area contributed by atoms with Crippen molar-refractivity contribution in [2.45, 2.75) is 19.5 Å². The summed E-state index contributed by atoms with van der Waals surface area (Å²) in [5.41, 5.74) is 4.97. The highest BCUT2D eigenvalue weighted by atomic mass is 16.4. The normalized spacial score (nSPS) is 15.2. The molecule has 2 aromatic carbocycles. The van der Waals surface area contributed by atoms with E-state index in [4.69, 9.17) is 5.11 Å². The van der Waals surface area contributed by atoms with Crippen LogP contribution in [-0.2, 0) is 13.1 Å². The minimum atomic E-state index is -1.01. The zero-order chi connectivity index (χ0) is 22.1. The van der Waals surface area contributed by atoms with Crippen molar-refractivity contribution in [3.63, 3.8) is 0 Å². The SMILES string of the molecule is CN1CCCN(Cc2ccc(-c3ccc(CNCCNC(=O)O)cc3)c(C#N)c2)CC1. The summed E-state index contributed by atoms with van der Waals surface area (Å²) in [5.74, 6) is 0. The molecule has 31 heavy (non-hydrogen) atoms. The summed E-state index contributed by atoms with van der Waals surface area (Å²) in [7, 11) is 2.17. The molecule has 1 saturated heterocycles. The molecule has 0 bridgehead atoms. The third-order valence-corrected chi connectivity index (χ3v) is 5.59. The first kappa shape index (κ1) is 22.8. The molecule has 0 saturated carbocycles. The Bertz CT molecular complexity index is 907. The fourth-order valence-electron chi connectivity index (χ4n) is 3.84. The van der Waals surface area contributed by atoms with Gasteiger partial charge < -0.3 is 20.6 Å². The van der Waals surface area contributed by atoms with Crippen LogP contribution in [0, 0.1) is 11.3 Å². The quantitative estimate of drug-likeness (QED) is 0.568. The van der Waals surface area contributed by atoms with Crippen LogP contribution in [0.5, 0.6) is 0 Å².